The van der Waals surface area contributed by atoms with Crippen molar-refractivity contribution in [3.05, 3.63) is 0 Å². The highest BCUT2D eigenvalue weighted by Gasteiger charge is 2.51. The monoisotopic (exact) mass is 545 g/mol. The molecule has 3 fully saturated rings. The molecule has 1 amide bonds. The van der Waals surface area contributed by atoms with Crippen LogP contribution in [-0.4, -0.2) is 169 Å². The number of aliphatic hydroxyl groups excluding tert-OH is 10. The van der Waals surface area contributed by atoms with Gasteiger partial charge in [-0.2, -0.15) is 0 Å². The Bertz CT molecular complexity index is 745. The van der Waals surface area contributed by atoms with Crippen molar-refractivity contribution in [2.75, 3.05) is 19.8 Å². The molecule has 0 unspecified atom stereocenters. The molecule has 17 heteroatoms. The van der Waals surface area contributed by atoms with Crippen LogP contribution in [0.15, 0.2) is 0 Å². The predicted molar refractivity (Wildman–Crippen MR) is 113 cm³/mol. The number of hydrogen-bond donors (Lipinski definition) is 11. The van der Waals surface area contributed by atoms with Crippen molar-refractivity contribution in [1.29, 1.82) is 0 Å². The minimum atomic E-state index is -1.88. The topological polar surface area (TPSA) is 278 Å². The molecule has 37 heavy (non-hydrogen) atoms. The normalized spacial score (nSPS) is 49.0. The molecule has 3 heterocycles. The minimum absolute atomic E-state index is 0.596. The van der Waals surface area contributed by atoms with Crippen LogP contribution in [0, 0.1) is 0 Å². The summed E-state index contributed by atoms with van der Waals surface area (Å²) in [7, 11) is 0. The average Bonchev–Trinajstić information content (AvgIpc) is 2.86. The predicted octanol–water partition coefficient (Wildman–Crippen LogP) is -7.43. The van der Waals surface area contributed by atoms with E-state index in [2.05, 4.69) is 5.32 Å². The molecule has 17 nitrogen and oxygen atoms in total. The lowest BCUT2D eigenvalue weighted by molar-refractivity contribution is -0.360. The lowest BCUT2D eigenvalue weighted by atomic mass is 9.96. The molecule has 3 aliphatic rings. The zero-order valence-electron chi connectivity index (χ0n) is 19.7. The maximum atomic E-state index is 11.6. The summed E-state index contributed by atoms with van der Waals surface area (Å²) in [5, 5.41) is 103. The fraction of sp³-hybridized carbons (Fsp3) is 0.950. The maximum absolute atomic E-state index is 11.6. The Labute approximate surface area is 210 Å². The van der Waals surface area contributed by atoms with Crippen LogP contribution < -0.4 is 5.32 Å². The highest BCUT2D eigenvalue weighted by Crippen LogP contribution is 2.30. The van der Waals surface area contributed by atoms with Crippen molar-refractivity contribution < 1.29 is 79.5 Å². The minimum Gasteiger partial charge on any atom is -0.394 e. The van der Waals surface area contributed by atoms with Crippen LogP contribution in [-0.2, 0) is 28.5 Å². The smallest absolute Gasteiger partial charge is 0.217 e. The number of rotatable bonds is 8. The highest BCUT2D eigenvalue weighted by molar-refractivity contribution is 5.73. The van der Waals surface area contributed by atoms with Gasteiger partial charge in [-0.1, -0.05) is 0 Å². The van der Waals surface area contributed by atoms with Crippen LogP contribution in [0.1, 0.15) is 6.92 Å². The SMILES string of the molecule is CC(=O)N[C@H]1[C@H](OC[C@H]2O[C@H](O[C@H]3[C@H](O)[C@@H](O)[C@H](O)O[C@@H]3CO)[C@H](O)[C@@H](O)[C@@H]2O)O[C@H](CO)[C@@H](O)[C@@H]1O. The van der Waals surface area contributed by atoms with Gasteiger partial charge in [0.25, 0.3) is 0 Å². The molecule has 0 saturated carbocycles. The fourth-order valence-electron chi connectivity index (χ4n) is 4.36. The molecule has 0 aromatic carbocycles. The van der Waals surface area contributed by atoms with E-state index in [1.807, 2.05) is 0 Å². The lowest BCUT2D eigenvalue weighted by Gasteiger charge is -2.46. The Morgan fingerprint density at radius 1 is 0.703 bits per heavy atom. The van der Waals surface area contributed by atoms with Gasteiger partial charge in [0.2, 0.25) is 5.91 Å². The number of aliphatic hydroxyl groups is 10. The first-order valence-corrected chi connectivity index (χ1v) is 11.6. The Kier molecular flexibility index (Phi) is 10.5. The Hall–Kier alpha value is -1.13. The van der Waals surface area contributed by atoms with E-state index in [0.717, 1.165) is 6.92 Å². The molecule has 0 aromatic rings. The van der Waals surface area contributed by atoms with E-state index < -0.39 is 118 Å². The molecule has 0 bridgehead atoms. The van der Waals surface area contributed by atoms with Crippen molar-refractivity contribution in [3.8, 4) is 0 Å². The molecule has 11 N–H and O–H groups in total. The molecule has 15 atom stereocenters. The van der Waals surface area contributed by atoms with E-state index in [4.69, 9.17) is 23.7 Å². The standard InChI is InChI=1S/C20H35NO16/c1-5(24)21-9-12(27)10(25)6(2-22)35-19(9)33-4-8-11(26)13(28)16(31)20(36-8)37-17-7(3-23)34-18(32)15(30)14(17)29/h6-20,22-23,25-32H,2-4H2,1H3,(H,21,24)/t6-,7-,8-,9-,10-,11-,12-,13+,14-,15-,16-,17-,18-,19-,20-/m1/s1. The molecular weight excluding hydrogens is 510 g/mol. The molecule has 3 saturated heterocycles. The number of carbonyl (C=O) groups is 1. The summed E-state index contributed by atoms with van der Waals surface area (Å²) in [6.07, 6.45) is -23.0. The Morgan fingerprint density at radius 2 is 1.30 bits per heavy atom. The van der Waals surface area contributed by atoms with Crippen molar-refractivity contribution in [2.45, 2.75) is 99.0 Å². The zero-order chi connectivity index (χ0) is 27.6. The van der Waals surface area contributed by atoms with Crippen LogP contribution in [0.3, 0.4) is 0 Å². The van der Waals surface area contributed by atoms with Gasteiger partial charge < -0.3 is 80.1 Å². The molecule has 0 aliphatic carbocycles. The van der Waals surface area contributed by atoms with Crippen molar-refractivity contribution in [3.63, 3.8) is 0 Å². The largest absolute Gasteiger partial charge is 0.394 e. The van der Waals surface area contributed by atoms with Gasteiger partial charge in [-0.15, -0.1) is 0 Å². The number of amides is 1. The summed E-state index contributed by atoms with van der Waals surface area (Å²) in [4.78, 5) is 11.6. The van der Waals surface area contributed by atoms with Gasteiger partial charge in [-0.05, 0) is 0 Å². The van der Waals surface area contributed by atoms with Gasteiger partial charge in [0.15, 0.2) is 18.9 Å². The Balaban J connectivity index is 1.71. The van der Waals surface area contributed by atoms with E-state index in [9.17, 15) is 55.9 Å². The second-order valence-electron chi connectivity index (χ2n) is 9.11. The average molecular weight is 545 g/mol. The van der Waals surface area contributed by atoms with E-state index >= 15 is 0 Å². The van der Waals surface area contributed by atoms with E-state index in [-0.39, 0.29) is 0 Å². The van der Waals surface area contributed by atoms with Gasteiger partial charge in [0.05, 0.1) is 19.8 Å². The summed E-state index contributed by atoms with van der Waals surface area (Å²) < 4.78 is 26.9. The molecule has 3 rings (SSSR count). The fourth-order valence-corrected chi connectivity index (χ4v) is 4.36. The first-order valence-electron chi connectivity index (χ1n) is 11.6. The zero-order valence-corrected chi connectivity index (χ0v) is 19.7. The van der Waals surface area contributed by atoms with Crippen LogP contribution in [0.5, 0.6) is 0 Å². The van der Waals surface area contributed by atoms with Crippen molar-refractivity contribution in [1.82, 2.24) is 5.32 Å². The van der Waals surface area contributed by atoms with Crippen molar-refractivity contribution >= 4 is 5.91 Å². The van der Waals surface area contributed by atoms with Gasteiger partial charge in [0, 0.05) is 6.92 Å². The molecule has 0 aromatic heterocycles. The molecule has 3 aliphatic heterocycles. The quantitative estimate of drug-likeness (QED) is 0.135. The second kappa shape index (κ2) is 12.8. The van der Waals surface area contributed by atoms with Crippen LogP contribution in [0.4, 0.5) is 0 Å². The number of carbonyl (C=O) groups excluding carboxylic acids is 1. The van der Waals surface area contributed by atoms with Crippen LogP contribution in [0.2, 0.25) is 0 Å². The van der Waals surface area contributed by atoms with Gasteiger partial charge >= 0.3 is 0 Å². The summed E-state index contributed by atoms with van der Waals surface area (Å²) in [5.41, 5.74) is 0. The van der Waals surface area contributed by atoms with Crippen LogP contribution in [0.25, 0.3) is 0 Å². The van der Waals surface area contributed by atoms with Crippen LogP contribution >= 0.6 is 0 Å². The number of nitrogens with one attached hydrogen (secondary N) is 1. The van der Waals surface area contributed by atoms with E-state index in [0.29, 0.717) is 0 Å². The first-order chi connectivity index (χ1) is 17.4. The lowest BCUT2D eigenvalue weighted by Crippen LogP contribution is -2.66. The second-order valence-corrected chi connectivity index (χ2v) is 9.11. The number of hydrogen-bond acceptors (Lipinski definition) is 16. The molecular formula is C20H35NO16. The van der Waals surface area contributed by atoms with E-state index in [1.54, 1.807) is 0 Å². The van der Waals surface area contributed by atoms with Crippen molar-refractivity contribution in [2.24, 2.45) is 0 Å². The summed E-state index contributed by atoms with van der Waals surface area (Å²) in [6.45, 7) is -0.926. The third kappa shape index (κ3) is 6.55. The van der Waals surface area contributed by atoms with Gasteiger partial charge in [0.1, 0.15) is 73.2 Å². The highest BCUT2D eigenvalue weighted by atomic mass is 16.7. The molecule has 216 valence electrons. The third-order valence-electron chi connectivity index (χ3n) is 6.47. The molecule has 0 radical (unpaired) electrons. The first kappa shape index (κ1) is 30.4. The van der Waals surface area contributed by atoms with Gasteiger partial charge in [-0.3, -0.25) is 4.79 Å². The maximum Gasteiger partial charge on any atom is 0.217 e. The summed E-state index contributed by atoms with van der Waals surface area (Å²) in [5.74, 6) is -0.601. The number of ether oxygens (including phenoxy) is 5. The molecule has 0 spiro atoms. The third-order valence-corrected chi connectivity index (χ3v) is 6.47. The Morgan fingerprint density at radius 3 is 1.89 bits per heavy atom. The summed E-state index contributed by atoms with van der Waals surface area (Å²) in [6, 6.07) is -1.30. The van der Waals surface area contributed by atoms with E-state index in [1.165, 1.54) is 0 Å². The summed E-state index contributed by atoms with van der Waals surface area (Å²) >= 11 is 0. The van der Waals surface area contributed by atoms with Gasteiger partial charge in [-0.25, -0.2) is 0 Å².